The number of piperazine rings is 1. The van der Waals surface area contributed by atoms with Crippen LogP contribution >= 0.6 is 0 Å². The third-order valence-corrected chi connectivity index (χ3v) is 7.39. The number of fused-ring (bicyclic) bond motifs is 4. The van der Waals surface area contributed by atoms with Crippen molar-refractivity contribution >= 4 is 22.3 Å². The highest BCUT2D eigenvalue weighted by atomic mass is 19.4. The van der Waals surface area contributed by atoms with Crippen molar-refractivity contribution in [3.63, 3.8) is 0 Å². The molecule has 6 rings (SSSR count). The lowest BCUT2D eigenvalue weighted by Crippen LogP contribution is -2.61. The maximum atomic E-state index is 13.4. The first-order chi connectivity index (χ1) is 16.1. The zero-order valence-electron chi connectivity index (χ0n) is 19.5. The van der Waals surface area contributed by atoms with Gasteiger partial charge in [-0.1, -0.05) is 18.2 Å². The maximum absolute atomic E-state index is 13.4. The molecule has 9 heteroatoms. The molecule has 3 aliphatic heterocycles. The first-order valence-electron chi connectivity index (χ1n) is 11.6. The van der Waals surface area contributed by atoms with Crippen LogP contribution in [0.3, 0.4) is 0 Å². The largest absolute Gasteiger partial charge is 0.416 e. The zero-order chi connectivity index (χ0) is 24.2. The molecule has 0 unspecified atom stereocenters. The fourth-order valence-corrected chi connectivity index (χ4v) is 5.44. The van der Waals surface area contributed by atoms with Crippen LogP contribution in [0.1, 0.15) is 41.4 Å². The number of halogens is 3. The molecule has 3 atom stereocenters. The van der Waals surface area contributed by atoms with Crippen LogP contribution in [0.2, 0.25) is 0 Å². The Hall–Kier alpha value is -2.91. The first-order valence-corrected chi connectivity index (χ1v) is 11.6. The number of hydrogen-bond donors (Lipinski definition) is 2. The molecule has 1 aromatic heterocycles. The number of benzene rings is 2. The Labute approximate surface area is 196 Å². The van der Waals surface area contributed by atoms with E-state index in [1.165, 1.54) is 25.8 Å². The summed E-state index contributed by atoms with van der Waals surface area (Å²) in [6, 6.07) is 11.4. The van der Waals surface area contributed by atoms with Gasteiger partial charge in [0.15, 0.2) is 5.82 Å². The molecular weight excluding hydrogens is 441 g/mol. The van der Waals surface area contributed by atoms with Crippen molar-refractivity contribution in [1.29, 1.82) is 0 Å². The number of rotatable bonds is 4. The Kier molecular flexibility index (Phi) is 5.64. The summed E-state index contributed by atoms with van der Waals surface area (Å²) in [6.45, 7) is 5.36. The standard InChI is InChI=1S/C25H29F3N6/c1-14-19(5-4-6-22(14)25(26,27)28)23(29)30-24-21-11-16(9-10-20(21)15(2)31-32-24)34-13-17-7-8-18(34)12-33(17)3/h4-6,9-11,17-18,23H,7-8,12-13,29H2,1-3H3,(H,30,32)/t17-,18-,23+/m1/s1. The van der Waals surface area contributed by atoms with E-state index in [-0.39, 0.29) is 5.56 Å². The number of nitrogens with one attached hydrogen (secondary N) is 1. The number of aryl methyl sites for hydroxylation is 1. The second kappa shape index (κ2) is 8.39. The molecule has 180 valence electrons. The van der Waals surface area contributed by atoms with Gasteiger partial charge in [-0.3, -0.25) is 4.90 Å². The number of nitrogens with two attached hydrogens (primary N) is 1. The minimum atomic E-state index is -4.44. The predicted octanol–water partition coefficient (Wildman–Crippen LogP) is 4.62. The van der Waals surface area contributed by atoms with Gasteiger partial charge in [-0.2, -0.15) is 18.3 Å². The van der Waals surface area contributed by atoms with Crippen molar-refractivity contribution in [2.24, 2.45) is 5.73 Å². The summed E-state index contributed by atoms with van der Waals surface area (Å²) in [6.07, 6.45) is -2.92. The third kappa shape index (κ3) is 3.96. The SMILES string of the molecule is Cc1c([C@@H](N)Nc2nnc(C)c3ccc(N4C[C@H]5CC[C@@H]4CN5C)cc23)cccc1C(F)(F)F. The minimum absolute atomic E-state index is 0.105. The fraction of sp³-hybridized carbons (Fsp3) is 0.440. The molecule has 3 N–H and O–H groups in total. The lowest BCUT2D eigenvalue weighted by molar-refractivity contribution is -0.138. The predicted molar refractivity (Wildman–Crippen MR) is 128 cm³/mol. The molecular formula is C25H29F3N6. The molecule has 2 aromatic carbocycles. The number of alkyl halides is 3. The van der Waals surface area contributed by atoms with Crippen LogP contribution in [0.15, 0.2) is 36.4 Å². The third-order valence-electron chi connectivity index (χ3n) is 7.39. The molecule has 2 bridgehead atoms. The van der Waals surface area contributed by atoms with E-state index in [1.807, 2.05) is 13.0 Å². The molecule has 4 heterocycles. The summed E-state index contributed by atoms with van der Waals surface area (Å²) in [4.78, 5) is 4.90. The van der Waals surface area contributed by atoms with Gasteiger partial charge >= 0.3 is 6.18 Å². The van der Waals surface area contributed by atoms with E-state index in [0.717, 1.165) is 41.3 Å². The van der Waals surface area contributed by atoms with E-state index in [4.69, 9.17) is 5.73 Å². The van der Waals surface area contributed by atoms with Crippen LogP contribution in [0, 0.1) is 13.8 Å². The van der Waals surface area contributed by atoms with Gasteiger partial charge in [-0.15, -0.1) is 5.10 Å². The van der Waals surface area contributed by atoms with Gasteiger partial charge in [0.2, 0.25) is 0 Å². The van der Waals surface area contributed by atoms with E-state index in [0.29, 0.717) is 23.5 Å². The number of aromatic nitrogens is 2. The van der Waals surface area contributed by atoms with Crippen LogP contribution in [-0.2, 0) is 6.18 Å². The fourth-order valence-electron chi connectivity index (χ4n) is 5.44. The summed E-state index contributed by atoms with van der Waals surface area (Å²) in [7, 11) is 2.19. The molecule has 3 aliphatic rings. The van der Waals surface area contributed by atoms with Gasteiger partial charge < -0.3 is 16.0 Å². The monoisotopic (exact) mass is 470 g/mol. The quantitative estimate of drug-likeness (QED) is 0.543. The zero-order valence-corrected chi connectivity index (χ0v) is 19.5. The molecule has 3 fully saturated rings. The molecule has 0 aliphatic carbocycles. The Morgan fingerprint density at radius 1 is 1.03 bits per heavy atom. The highest BCUT2D eigenvalue weighted by Crippen LogP contribution is 2.37. The second-order valence-electron chi connectivity index (χ2n) is 9.48. The summed E-state index contributed by atoms with van der Waals surface area (Å²) < 4.78 is 40.2. The van der Waals surface area contributed by atoms with E-state index in [2.05, 4.69) is 44.5 Å². The van der Waals surface area contributed by atoms with Crippen molar-refractivity contribution in [2.75, 3.05) is 30.4 Å². The van der Waals surface area contributed by atoms with Crippen LogP contribution in [0.25, 0.3) is 10.8 Å². The molecule has 0 radical (unpaired) electrons. The lowest BCUT2D eigenvalue weighted by atomic mass is 9.90. The van der Waals surface area contributed by atoms with Gasteiger partial charge in [-0.25, -0.2) is 0 Å². The Bertz CT molecular complexity index is 1230. The Balaban J connectivity index is 1.50. The van der Waals surface area contributed by atoms with Crippen molar-refractivity contribution in [1.82, 2.24) is 15.1 Å². The van der Waals surface area contributed by atoms with Gasteiger partial charge in [0.1, 0.15) is 6.17 Å². The lowest BCUT2D eigenvalue weighted by Gasteiger charge is -2.51. The van der Waals surface area contributed by atoms with Crippen molar-refractivity contribution in [3.05, 3.63) is 58.8 Å². The Morgan fingerprint density at radius 3 is 2.47 bits per heavy atom. The summed E-state index contributed by atoms with van der Waals surface area (Å²) in [5.41, 5.74) is 8.05. The van der Waals surface area contributed by atoms with Gasteiger partial charge in [0.05, 0.1) is 11.3 Å². The van der Waals surface area contributed by atoms with Gasteiger partial charge in [0, 0.05) is 41.6 Å². The topological polar surface area (TPSA) is 70.3 Å². The second-order valence-corrected chi connectivity index (χ2v) is 9.48. The summed E-state index contributed by atoms with van der Waals surface area (Å²) in [5.74, 6) is 0.464. The molecule has 3 aromatic rings. The van der Waals surface area contributed by atoms with Gasteiger partial charge in [0.25, 0.3) is 0 Å². The summed E-state index contributed by atoms with van der Waals surface area (Å²) in [5, 5.41) is 13.5. The molecule has 0 saturated carbocycles. The van der Waals surface area contributed by atoms with E-state index in [1.54, 1.807) is 6.07 Å². The molecule has 3 saturated heterocycles. The molecule has 0 spiro atoms. The normalized spacial score (nSPS) is 21.8. The average molecular weight is 471 g/mol. The minimum Gasteiger partial charge on any atom is -0.366 e. The molecule has 0 amide bonds. The highest BCUT2D eigenvalue weighted by molar-refractivity contribution is 5.95. The van der Waals surface area contributed by atoms with Crippen LogP contribution in [0.5, 0.6) is 0 Å². The average Bonchev–Trinajstić information content (AvgIpc) is 2.80. The Morgan fingerprint density at radius 2 is 1.79 bits per heavy atom. The van der Waals surface area contributed by atoms with Crippen LogP contribution in [-0.4, -0.2) is 47.3 Å². The first kappa shape index (κ1) is 22.9. The van der Waals surface area contributed by atoms with E-state index in [9.17, 15) is 13.2 Å². The summed E-state index contributed by atoms with van der Waals surface area (Å²) >= 11 is 0. The number of nitrogens with zero attached hydrogens (tertiary/aromatic N) is 4. The molecule has 6 nitrogen and oxygen atoms in total. The van der Waals surface area contributed by atoms with Crippen LogP contribution < -0.4 is 16.0 Å². The number of piperidine rings is 2. The number of likely N-dealkylation sites (N-methyl/N-ethyl adjacent to an activating group) is 1. The van der Waals surface area contributed by atoms with Crippen molar-refractivity contribution in [2.45, 2.75) is 51.1 Å². The van der Waals surface area contributed by atoms with E-state index < -0.39 is 17.9 Å². The van der Waals surface area contributed by atoms with E-state index >= 15 is 0 Å². The molecule has 34 heavy (non-hydrogen) atoms. The highest BCUT2D eigenvalue weighted by Gasteiger charge is 2.37. The van der Waals surface area contributed by atoms with Crippen molar-refractivity contribution < 1.29 is 13.2 Å². The van der Waals surface area contributed by atoms with Gasteiger partial charge in [-0.05, 0) is 63.1 Å². The van der Waals surface area contributed by atoms with Crippen molar-refractivity contribution in [3.8, 4) is 0 Å². The van der Waals surface area contributed by atoms with Crippen LogP contribution in [0.4, 0.5) is 24.7 Å². The number of hydrogen-bond acceptors (Lipinski definition) is 6. The smallest absolute Gasteiger partial charge is 0.366 e. The maximum Gasteiger partial charge on any atom is 0.416 e. The number of anilines is 2.